The monoisotopic (exact) mass is 353 g/mol. The molecule has 5 nitrogen and oxygen atoms in total. The Kier molecular flexibility index (Phi) is 5.09. The predicted molar refractivity (Wildman–Crippen MR) is 101 cm³/mol. The molecule has 0 radical (unpaired) electrons. The van der Waals surface area contributed by atoms with E-state index in [4.69, 9.17) is 0 Å². The van der Waals surface area contributed by atoms with Gasteiger partial charge < -0.3 is 10.6 Å². The fraction of sp³-hybridized carbons (Fsp3) is 0.211. The van der Waals surface area contributed by atoms with Crippen LogP contribution in [0.3, 0.4) is 0 Å². The molecule has 1 atom stereocenters. The van der Waals surface area contributed by atoms with Gasteiger partial charge in [0.15, 0.2) is 5.13 Å². The fourth-order valence-corrected chi connectivity index (χ4v) is 3.60. The third-order valence-corrected chi connectivity index (χ3v) is 4.69. The van der Waals surface area contributed by atoms with E-state index >= 15 is 0 Å². The smallest absolute Gasteiger partial charge is 0.228 e. The lowest BCUT2D eigenvalue weighted by Gasteiger charge is -2.17. The molecule has 25 heavy (non-hydrogen) atoms. The second kappa shape index (κ2) is 7.44. The van der Waals surface area contributed by atoms with Crippen LogP contribution in [-0.2, 0) is 9.59 Å². The minimum atomic E-state index is -0.365. The Morgan fingerprint density at radius 1 is 1.16 bits per heavy atom. The van der Waals surface area contributed by atoms with Crippen molar-refractivity contribution >= 4 is 38.5 Å². The highest BCUT2D eigenvalue weighted by molar-refractivity contribution is 7.22. The minimum absolute atomic E-state index is 0.151. The zero-order chi connectivity index (χ0) is 17.8. The number of anilines is 1. The van der Waals surface area contributed by atoms with Gasteiger partial charge >= 0.3 is 0 Å². The summed E-state index contributed by atoms with van der Waals surface area (Å²) >= 11 is 1.45. The molecule has 2 amide bonds. The van der Waals surface area contributed by atoms with Gasteiger partial charge in [-0.1, -0.05) is 47.7 Å². The van der Waals surface area contributed by atoms with Crippen molar-refractivity contribution < 1.29 is 9.59 Å². The first-order chi connectivity index (χ1) is 12.0. The van der Waals surface area contributed by atoms with E-state index < -0.39 is 0 Å². The van der Waals surface area contributed by atoms with Crippen molar-refractivity contribution in [1.29, 1.82) is 0 Å². The summed E-state index contributed by atoms with van der Waals surface area (Å²) in [6.45, 7) is 3.47. The van der Waals surface area contributed by atoms with Crippen LogP contribution < -0.4 is 10.6 Å². The van der Waals surface area contributed by atoms with Crippen LogP contribution in [-0.4, -0.2) is 16.8 Å². The molecule has 0 saturated carbocycles. The van der Waals surface area contributed by atoms with Gasteiger partial charge in [-0.3, -0.25) is 9.59 Å². The molecule has 2 N–H and O–H groups in total. The summed E-state index contributed by atoms with van der Waals surface area (Å²) in [6.07, 6.45) is 0.151. The minimum Gasteiger partial charge on any atom is -0.349 e. The van der Waals surface area contributed by atoms with Crippen molar-refractivity contribution in [1.82, 2.24) is 10.3 Å². The zero-order valence-electron chi connectivity index (χ0n) is 14.1. The van der Waals surface area contributed by atoms with Gasteiger partial charge in [0, 0.05) is 6.92 Å². The summed E-state index contributed by atoms with van der Waals surface area (Å²) in [6, 6.07) is 15.1. The van der Waals surface area contributed by atoms with E-state index in [1.165, 1.54) is 18.3 Å². The number of benzene rings is 2. The number of amides is 2. The summed E-state index contributed by atoms with van der Waals surface area (Å²) < 4.78 is 1.04. The second-order valence-electron chi connectivity index (χ2n) is 5.91. The van der Waals surface area contributed by atoms with E-state index in [0.29, 0.717) is 5.13 Å². The maximum absolute atomic E-state index is 12.4. The first kappa shape index (κ1) is 17.1. The first-order valence-corrected chi connectivity index (χ1v) is 8.82. The molecule has 2 aromatic carbocycles. The van der Waals surface area contributed by atoms with Crippen LogP contribution in [0.1, 0.15) is 30.5 Å². The van der Waals surface area contributed by atoms with Crippen molar-refractivity contribution in [2.75, 3.05) is 5.32 Å². The number of aromatic nitrogens is 1. The number of hydrogen-bond donors (Lipinski definition) is 2. The molecule has 128 valence electrons. The molecular formula is C19H19N3O2S. The molecule has 0 aliphatic carbocycles. The Hall–Kier alpha value is -2.73. The van der Waals surface area contributed by atoms with E-state index in [1.807, 2.05) is 55.5 Å². The van der Waals surface area contributed by atoms with Crippen LogP contribution in [0.4, 0.5) is 5.13 Å². The van der Waals surface area contributed by atoms with E-state index in [2.05, 4.69) is 15.6 Å². The Bertz CT molecular complexity index is 905. The summed E-state index contributed by atoms with van der Waals surface area (Å²) in [5, 5.41) is 6.24. The number of thiazole rings is 1. The fourth-order valence-electron chi connectivity index (χ4n) is 2.62. The second-order valence-corrected chi connectivity index (χ2v) is 6.94. The van der Waals surface area contributed by atoms with Gasteiger partial charge in [-0.05, 0) is 30.2 Å². The lowest BCUT2D eigenvalue weighted by molar-refractivity contribution is -0.120. The number of rotatable bonds is 5. The molecule has 1 heterocycles. The van der Waals surface area contributed by atoms with Crippen LogP contribution >= 0.6 is 11.3 Å². The lowest BCUT2D eigenvalue weighted by atomic mass is 10.0. The Morgan fingerprint density at radius 3 is 2.64 bits per heavy atom. The average Bonchev–Trinajstić information content (AvgIpc) is 2.95. The van der Waals surface area contributed by atoms with Gasteiger partial charge in [-0.15, -0.1) is 0 Å². The zero-order valence-corrected chi connectivity index (χ0v) is 14.9. The highest BCUT2D eigenvalue weighted by Gasteiger charge is 2.18. The Morgan fingerprint density at radius 2 is 1.92 bits per heavy atom. The molecular weight excluding hydrogens is 334 g/mol. The molecule has 0 bridgehead atoms. The molecule has 0 saturated heterocycles. The lowest BCUT2D eigenvalue weighted by Crippen LogP contribution is -2.29. The van der Waals surface area contributed by atoms with Gasteiger partial charge in [-0.25, -0.2) is 4.98 Å². The Labute approximate surface area is 150 Å². The van der Waals surface area contributed by atoms with E-state index in [0.717, 1.165) is 21.3 Å². The van der Waals surface area contributed by atoms with Gasteiger partial charge in [0.2, 0.25) is 11.8 Å². The van der Waals surface area contributed by atoms with Crippen LogP contribution in [0.15, 0.2) is 48.5 Å². The topological polar surface area (TPSA) is 71.1 Å². The largest absolute Gasteiger partial charge is 0.349 e. The molecule has 0 aliphatic rings. The van der Waals surface area contributed by atoms with Crippen molar-refractivity contribution in [2.24, 2.45) is 0 Å². The third-order valence-electron chi connectivity index (χ3n) is 3.76. The SMILES string of the molecule is CC(=O)N[C@@H](CC(=O)Nc1nc2ccc(C)cc2s1)c1ccccc1. The number of nitrogens with one attached hydrogen (secondary N) is 2. The summed E-state index contributed by atoms with van der Waals surface area (Å²) in [7, 11) is 0. The molecule has 0 fully saturated rings. The average molecular weight is 353 g/mol. The standard InChI is InChI=1S/C19H19N3O2S/c1-12-8-9-15-17(10-12)25-19(21-15)22-18(24)11-16(20-13(2)23)14-6-4-3-5-7-14/h3-10,16H,11H2,1-2H3,(H,20,23)(H,21,22,24)/t16-/m0/s1. The number of hydrogen-bond acceptors (Lipinski definition) is 4. The van der Waals surface area contributed by atoms with Crippen LogP contribution in [0.5, 0.6) is 0 Å². The molecule has 1 aromatic heterocycles. The first-order valence-electron chi connectivity index (χ1n) is 8.00. The molecule has 3 aromatic rings. The van der Waals surface area contributed by atoms with Crippen LogP contribution in [0.25, 0.3) is 10.2 Å². The normalized spacial score (nSPS) is 11.9. The molecule has 0 unspecified atom stereocenters. The van der Waals surface area contributed by atoms with Gasteiger partial charge in [0.1, 0.15) is 0 Å². The maximum Gasteiger partial charge on any atom is 0.228 e. The third kappa shape index (κ3) is 4.42. The number of nitrogens with zero attached hydrogens (tertiary/aromatic N) is 1. The quantitative estimate of drug-likeness (QED) is 0.733. The van der Waals surface area contributed by atoms with E-state index in [1.54, 1.807) is 0 Å². The number of carbonyl (C=O) groups excluding carboxylic acids is 2. The van der Waals surface area contributed by atoms with Gasteiger partial charge in [0.25, 0.3) is 0 Å². The van der Waals surface area contributed by atoms with Crippen molar-refractivity contribution in [3.05, 3.63) is 59.7 Å². The summed E-state index contributed by atoms with van der Waals surface area (Å²) in [5.74, 6) is -0.351. The van der Waals surface area contributed by atoms with E-state index in [9.17, 15) is 9.59 Å². The highest BCUT2D eigenvalue weighted by atomic mass is 32.1. The van der Waals surface area contributed by atoms with Gasteiger partial charge in [0.05, 0.1) is 22.7 Å². The van der Waals surface area contributed by atoms with Crippen molar-refractivity contribution in [3.8, 4) is 0 Å². The summed E-state index contributed by atoms with van der Waals surface area (Å²) in [5.41, 5.74) is 2.92. The Balaban J connectivity index is 1.73. The molecule has 0 aliphatic heterocycles. The van der Waals surface area contributed by atoms with Crippen molar-refractivity contribution in [3.63, 3.8) is 0 Å². The van der Waals surface area contributed by atoms with Gasteiger partial charge in [-0.2, -0.15) is 0 Å². The molecule has 0 spiro atoms. The number of carbonyl (C=O) groups is 2. The maximum atomic E-state index is 12.4. The molecule has 3 rings (SSSR count). The number of fused-ring (bicyclic) bond motifs is 1. The summed E-state index contributed by atoms with van der Waals surface area (Å²) in [4.78, 5) is 28.3. The highest BCUT2D eigenvalue weighted by Crippen LogP contribution is 2.27. The molecule has 6 heteroatoms. The number of aryl methyl sites for hydroxylation is 1. The van der Waals surface area contributed by atoms with Crippen LogP contribution in [0.2, 0.25) is 0 Å². The van der Waals surface area contributed by atoms with Crippen molar-refractivity contribution in [2.45, 2.75) is 26.3 Å². The predicted octanol–water partition coefficient (Wildman–Crippen LogP) is 3.81. The van der Waals surface area contributed by atoms with Crippen LogP contribution in [0, 0.1) is 6.92 Å². The van der Waals surface area contributed by atoms with E-state index in [-0.39, 0.29) is 24.3 Å².